The molecule has 5 heteroatoms. The summed E-state index contributed by atoms with van der Waals surface area (Å²) in [5.74, 6) is 0. The lowest BCUT2D eigenvalue weighted by molar-refractivity contribution is -0.385. The van der Waals surface area contributed by atoms with E-state index in [-0.39, 0.29) is 12.2 Å². The first-order valence-electron chi connectivity index (χ1n) is 4.03. The van der Waals surface area contributed by atoms with Crippen LogP contribution in [0, 0.1) is 10.1 Å². The Balaban J connectivity index is 2.95. The third kappa shape index (κ3) is 2.29. The van der Waals surface area contributed by atoms with Gasteiger partial charge in [0.2, 0.25) is 6.41 Å². The van der Waals surface area contributed by atoms with Crippen molar-refractivity contribution in [2.75, 3.05) is 7.05 Å². The zero-order chi connectivity index (χ0) is 10.6. The summed E-state index contributed by atoms with van der Waals surface area (Å²) in [6, 6.07) is 6.37. The number of nitro benzene ring substituents is 1. The van der Waals surface area contributed by atoms with Gasteiger partial charge in [-0.25, -0.2) is 0 Å². The molecule has 0 aliphatic heterocycles. The third-order valence-electron chi connectivity index (χ3n) is 1.79. The van der Waals surface area contributed by atoms with Crippen molar-refractivity contribution in [2.24, 2.45) is 0 Å². The van der Waals surface area contributed by atoms with Gasteiger partial charge in [-0.15, -0.1) is 0 Å². The number of benzene rings is 1. The van der Waals surface area contributed by atoms with E-state index in [0.717, 1.165) is 0 Å². The highest BCUT2D eigenvalue weighted by Crippen LogP contribution is 2.18. The Bertz CT molecular complexity index is 352. The van der Waals surface area contributed by atoms with Crippen LogP contribution in [-0.4, -0.2) is 23.3 Å². The van der Waals surface area contributed by atoms with Crippen LogP contribution in [-0.2, 0) is 11.3 Å². The van der Waals surface area contributed by atoms with Gasteiger partial charge in [-0.05, 0) is 0 Å². The van der Waals surface area contributed by atoms with E-state index >= 15 is 0 Å². The quantitative estimate of drug-likeness (QED) is 0.410. The van der Waals surface area contributed by atoms with Gasteiger partial charge in [0, 0.05) is 18.7 Å². The summed E-state index contributed by atoms with van der Waals surface area (Å²) in [5, 5.41) is 10.6. The Kier molecular flexibility index (Phi) is 3.17. The molecule has 0 aromatic heterocycles. The van der Waals surface area contributed by atoms with Gasteiger partial charge in [-0.2, -0.15) is 0 Å². The first-order valence-corrected chi connectivity index (χ1v) is 4.03. The molecule has 0 N–H and O–H groups in total. The van der Waals surface area contributed by atoms with Crippen LogP contribution >= 0.6 is 0 Å². The molecule has 14 heavy (non-hydrogen) atoms. The first-order chi connectivity index (χ1) is 6.65. The molecule has 0 aliphatic carbocycles. The predicted octanol–water partition coefficient (Wildman–Crippen LogP) is 1.18. The Hall–Kier alpha value is -1.91. The first kappa shape index (κ1) is 10.2. The van der Waals surface area contributed by atoms with Gasteiger partial charge in [0.15, 0.2) is 0 Å². The smallest absolute Gasteiger partial charge is 0.274 e. The van der Waals surface area contributed by atoms with Crippen molar-refractivity contribution in [3.63, 3.8) is 0 Å². The lowest BCUT2D eigenvalue weighted by atomic mass is 10.2. The van der Waals surface area contributed by atoms with Crippen molar-refractivity contribution in [2.45, 2.75) is 6.54 Å². The van der Waals surface area contributed by atoms with E-state index in [2.05, 4.69) is 0 Å². The highest BCUT2D eigenvalue weighted by molar-refractivity contribution is 5.48. The van der Waals surface area contributed by atoms with Crippen molar-refractivity contribution in [1.82, 2.24) is 4.90 Å². The minimum Gasteiger partial charge on any atom is -0.344 e. The molecule has 74 valence electrons. The maximum absolute atomic E-state index is 10.6. The van der Waals surface area contributed by atoms with Gasteiger partial charge in [-0.3, -0.25) is 14.9 Å². The van der Waals surface area contributed by atoms with Crippen molar-refractivity contribution in [1.29, 1.82) is 0 Å². The molecule has 0 unspecified atom stereocenters. The number of hydrogen-bond acceptors (Lipinski definition) is 3. The van der Waals surface area contributed by atoms with Crippen LogP contribution in [0.2, 0.25) is 0 Å². The Labute approximate surface area is 81.1 Å². The van der Waals surface area contributed by atoms with Crippen molar-refractivity contribution >= 4 is 12.1 Å². The fourth-order valence-corrected chi connectivity index (χ4v) is 1.13. The van der Waals surface area contributed by atoms with E-state index in [1.807, 2.05) is 0 Å². The summed E-state index contributed by atoms with van der Waals surface area (Å²) in [4.78, 5) is 21.8. The SMILES string of the molecule is CN(C=O)Cc1ccccc1[N+](=O)[O-]. The maximum atomic E-state index is 10.6. The summed E-state index contributed by atoms with van der Waals surface area (Å²) in [5.41, 5.74) is 0.577. The molecule has 0 atom stereocenters. The summed E-state index contributed by atoms with van der Waals surface area (Å²) in [6.45, 7) is 0.251. The molecule has 1 amide bonds. The van der Waals surface area contributed by atoms with Gasteiger partial charge in [0.1, 0.15) is 0 Å². The van der Waals surface area contributed by atoms with E-state index in [1.54, 1.807) is 25.2 Å². The molecule has 0 saturated heterocycles. The van der Waals surface area contributed by atoms with Crippen molar-refractivity contribution < 1.29 is 9.72 Å². The Morgan fingerprint density at radius 3 is 2.71 bits per heavy atom. The molecule has 1 aromatic rings. The molecule has 1 aromatic carbocycles. The summed E-state index contributed by atoms with van der Waals surface area (Å²) in [6.07, 6.45) is 0.636. The number of amides is 1. The normalized spacial score (nSPS) is 9.50. The topological polar surface area (TPSA) is 63.5 Å². The van der Waals surface area contributed by atoms with Crippen LogP contribution in [0.3, 0.4) is 0 Å². The highest BCUT2D eigenvalue weighted by Gasteiger charge is 2.12. The molecule has 0 bridgehead atoms. The number of nitrogens with zero attached hydrogens (tertiary/aromatic N) is 2. The molecule has 0 radical (unpaired) electrons. The second kappa shape index (κ2) is 4.36. The second-order valence-corrected chi connectivity index (χ2v) is 2.91. The number of hydrogen-bond donors (Lipinski definition) is 0. The minimum absolute atomic E-state index is 0.0428. The minimum atomic E-state index is -0.450. The molecule has 5 nitrogen and oxygen atoms in total. The van der Waals surface area contributed by atoms with Gasteiger partial charge >= 0.3 is 0 Å². The van der Waals surface area contributed by atoms with Gasteiger partial charge in [0.25, 0.3) is 5.69 Å². The molecule has 0 saturated carbocycles. The van der Waals surface area contributed by atoms with Gasteiger partial charge in [0.05, 0.1) is 11.5 Å². The average molecular weight is 194 g/mol. The Morgan fingerprint density at radius 2 is 2.14 bits per heavy atom. The molecular weight excluding hydrogens is 184 g/mol. The fraction of sp³-hybridized carbons (Fsp3) is 0.222. The number of nitro groups is 1. The molecule has 1 rings (SSSR count). The van der Waals surface area contributed by atoms with Gasteiger partial charge in [-0.1, -0.05) is 18.2 Å². The molecule has 0 spiro atoms. The third-order valence-corrected chi connectivity index (χ3v) is 1.79. The predicted molar refractivity (Wildman–Crippen MR) is 50.6 cm³/mol. The zero-order valence-electron chi connectivity index (χ0n) is 7.71. The lowest BCUT2D eigenvalue weighted by Crippen LogP contribution is -2.15. The van der Waals surface area contributed by atoms with Crippen LogP contribution in [0.15, 0.2) is 24.3 Å². The lowest BCUT2D eigenvalue weighted by Gasteiger charge is -2.09. The van der Waals surface area contributed by atoms with Crippen LogP contribution in [0.4, 0.5) is 5.69 Å². The molecule has 0 heterocycles. The number of para-hydroxylation sites is 1. The van der Waals surface area contributed by atoms with Crippen LogP contribution in [0.1, 0.15) is 5.56 Å². The van der Waals surface area contributed by atoms with Crippen LogP contribution < -0.4 is 0 Å². The van der Waals surface area contributed by atoms with Crippen molar-refractivity contribution in [3.8, 4) is 0 Å². The van der Waals surface area contributed by atoms with Crippen LogP contribution in [0.25, 0.3) is 0 Å². The molecule has 0 aliphatic rings. The number of rotatable bonds is 4. The summed E-state index contributed by atoms with van der Waals surface area (Å²) in [7, 11) is 1.57. The second-order valence-electron chi connectivity index (χ2n) is 2.91. The van der Waals surface area contributed by atoms with E-state index in [1.165, 1.54) is 11.0 Å². The number of carbonyl (C=O) groups excluding carboxylic acids is 1. The Morgan fingerprint density at radius 1 is 1.50 bits per heavy atom. The van der Waals surface area contributed by atoms with Crippen LogP contribution in [0.5, 0.6) is 0 Å². The number of carbonyl (C=O) groups is 1. The molecular formula is C9H10N2O3. The van der Waals surface area contributed by atoms with E-state index < -0.39 is 4.92 Å². The summed E-state index contributed by atoms with van der Waals surface area (Å²) < 4.78 is 0. The monoisotopic (exact) mass is 194 g/mol. The summed E-state index contributed by atoms with van der Waals surface area (Å²) >= 11 is 0. The largest absolute Gasteiger partial charge is 0.344 e. The highest BCUT2D eigenvalue weighted by atomic mass is 16.6. The van der Waals surface area contributed by atoms with E-state index in [0.29, 0.717) is 12.0 Å². The van der Waals surface area contributed by atoms with Crippen molar-refractivity contribution in [3.05, 3.63) is 39.9 Å². The van der Waals surface area contributed by atoms with E-state index in [9.17, 15) is 14.9 Å². The fourth-order valence-electron chi connectivity index (χ4n) is 1.13. The average Bonchev–Trinajstić information content (AvgIpc) is 2.18. The van der Waals surface area contributed by atoms with Gasteiger partial charge < -0.3 is 4.90 Å². The zero-order valence-corrected chi connectivity index (χ0v) is 7.71. The molecule has 0 fully saturated rings. The standard InChI is InChI=1S/C9H10N2O3/c1-10(7-12)6-8-4-2-3-5-9(8)11(13)14/h2-5,7H,6H2,1H3. The van der Waals surface area contributed by atoms with E-state index in [4.69, 9.17) is 0 Å². The maximum Gasteiger partial charge on any atom is 0.274 e.